The molecule has 0 fully saturated rings. The maximum atomic E-state index is 5.09. The van der Waals surface area contributed by atoms with Gasteiger partial charge in [0.1, 0.15) is 0 Å². The maximum absolute atomic E-state index is 5.09. The molecule has 1 atom stereocenters. The number of ether oxygens (including phenoxy) is 1. The number of methoxy groups -OCH3 is 1. The molecular formula is C13H22O. The van der Waals surface area contributed by atoms with E-state index in [1.807, 2.05) is 13.0 Å². The molecule has 14 heavy (non-hydrogen) atoms. The van der Waals surface area contributed by atoms with Crippen molar-refractivity contribution in [3.63, 3.8) is 0 Å². The third kappa shape index (κ3) is 5.03. The van der Waals surface area contributed by atoms with Gasteiger partial charge < -0.3 is 4.74 Å². The van der Waals surface area contributed by atoms with E-state index in [-0.39, 0.29) is 0 Å². The topological polar surface area (TPSA) is 9.23 Å². The zero-order valence-electron chi connectivity index (χ0n) is 9.68. The van der Waals surface area contributed by atoms with Gasteiger partial charge in [0.2, 0.25) is 0 Å². The molecule has 0 amide bonds. The van der Waals surface area contributed by atoms with Gasteiger partial charge in [-0.15, -0.1) is 0 Å². The molecule has 0 bridgehead atoms. The van der Waals surface area contributed by atoms with Gasteiger partial charge in [-0.25, -0.2) is 0 Å². The number of hydrogen-bond donors (Lipinski definition) is 0. The Morgan fingerprint density at radius 2 is 2.14 bits per heavy atom. The lowest BCUT2D eigenvalue weighted by Gasteiger charge is -2.15. The van der Waals surface area contributed by atoms with Crippen LogP contribution in [0, 0.1) is 5.92 Å². The van der Waals surface area contributed by atoms with Gasteiger partial charge in [-0.1, -0.05) is 37.8 Å². The average molecular weight is 194 g/mol. The summed E-state index contributed by atoms with van der Waals surface area (Å²) in [5, 5.41) is 0. The average Bonchev–Trinajstić information content (AvgIpc) is 2.16. The molecule has 0 radical (unpaired) electrons. The van der Waals surface area contributed by atoms with E-state index in [4.69, 9.17) is 4.74 Å². The van der Waals surface area contributed by atoms with Gasteiger partial charge in [-0.05, 0) is 31.3 Å². The molecule has 0 aliphatic heterocycles. The molecule has 0 aliphatic rings. The van der Waals surface area contributed by atoms with Crippen LogP contribution in [-0.2, 0) is 4.74 Å². The summed E-state index contributed by atoms with van der Waals surface area (Å²) in [6.07, 6.45) is 6.21. The minimum atomic E-state index is 0.546. The van der Waals surface area contributed by atoms with Gasteiger partial charge >= 0.3 is 0 Å². The van der Waals surface area contributed by atoms with Crippen molar-refractivity contribution >= 4 is 0 Å². The second kappa shape index (κ2) is 7.57. The highest BCUT2D eigenvalue weighted by molar-refractivity contribution is 5.28. The summed E-state index contributed by atoms with van der Waals surface area (Å²) in [6.45, 7) is 12.7. The molecular weight excluding hydrogens is 172 g/mol. The van der Waals surface area contributed by atoms with Crippen molar-refractivity contribution in [3.05, 3.63) is 36.5 Å². The zero-order chi connectivity index (χ0) is 11.0. The van der Waals surface area contributed by atoms with Crippen LogP contribution in [0.5, 0.6) is 0 Å². The van der Waals surface area contributed by atoms with Crippen LogP contribution in [0.4, 0.5) is 0 Å². The molecule has 0 N–H and O–H groups in total. The third-order valence-electron chi connectivity index (χ3n) is 2.28. The normalized spacial score (nSPS) is 13.8. The van der Waals surface area contributed by atoms with Crippen molar-refractivity contribution in [2.45, 2.75) is 26.7 Å². The monoisotopic (exact) mass is 194 g/mol. The smallest absolute Gasteiger partial charge is 0.0468 e. The summed E-state index contributed by atoms with van der Waals surface area (Å²) >= 11 is 0. The predicted molar refractivity (Wildman–Crippen MR) is 63.4 cm³/mol. The molecule has 0 spiro atoms. The first-order chi connectivity index (χ1) is 6.65. The second-order valence-corrected chi connectivity index (χ2v) is 3.58. The van der Waals surface area contributed by atoms with Crippen LogP contribution < -0.4 is 0 Å². The summed E-state index contributed by atoms with van der Waals surface area (Å²) in [7, 11) is 1.74. The van der Waals surface area contributed by atoms with Crippen molar-refractivity contribution in [1.29, 1.82) is 0 Å². The lowest BCUT2D eigenvalue weighted by Crippen LogP contribution is -2.05. The highest BCUT2D eigenvalue weighted by atomic mass is 16.5. The predicted octanol–water partition coefficient (Wildman–Crippen LogP) is 3.74. The molecule has 1 heteroatoms. The van der Waals surface area contributed by atoms with Crippen LogP contribution in [0.25, 0.3) is 0 Å². The minimum Gasteiger partial charge on any atom is -0.385 e. The molecule has 1 unspecified atom stereocenters. The SMILES string of the molecule is C=C/C(=C\C(=C)C)C(CC)CCOC. The second-order valence-electron chi connectivity index (χ2n) is 3.58. The Morgan fingerprint density at radius 1 is 1.50 bits per heavy atom. The molecule has 0 saturated heterocycles. The Hall–Kier alpha value is -0.820. The molecule has 0 aromatic carbocycles. The highest BCUT2D eigenvalue weighted by Gasteiger charge is 2.08. The fourth-order valence-corrected chi connectivity index (χ4v) is 1.49. The fraction of sp³-hybridized carbons (Fsp3) is 0.538. The fourth-order valence-electron chi connectivity index (χ4n) is 1.49. The van der Waals surface area contributed by atoms with Gasteiger partial charge in [0.05, 0.1) is 0 Å². The Morgan fingerprint density at radius 3 is 2.50 bits per heavy atom. The van der Waals surface area contributed by atoms with Crippen LogP contribution in [-0.4, -0.2) is 13.7 Å². The van der Waals surface area contributed by atoms with Crippen LogP contribution in [0.1, 0.15) is 26.7 Å². The largest absolute Gasteiger partial charge is 0.385 e. The summed E-state index contributed by atoms with van der Waals surface area (Å²) in [4.78, 5) is 0. The van der Waals surface area contributed by atoms with Gasteiger partial charge in [-0.3, -0.25) is 0 Å². The molecule has 0 rings (SSSR count). The Kier molecular flexibility index (Phi) is 7.13. The molecule has 0 heterocycles. The summed E-state index contributed by atoms with van der Waals surface area (Å²) < 4.78 is 5.09. The summed E-state index contributed by atoms with van der Waals surface area (Å²) in [5.41, 5.74) is 2.35. The van der Waals surface area contributed by atoms with E-state index in [2.05, 4.69) is 26.2 Å². The van der Waals surface area contributed by atoms with E-state index < -0.39 is 0 Å². The van der Waals surface area contributed by atoms with Crippen molar-refractivity contribution in [2.24, 2.45) is 5.92 Å². The Balaban J connectivity index is 4.44. The Bertz CT molecular complexity index is 213. The number of allylic oxidation sites excluding steroid dienone is 4. The molecule has 0 saturated carbocycles. The lowest BCUT2D eigenvalue weighted by molar-refractivity contribution is 0.182. The number of hydrogen-bond acceptors (Lipinski definition) is 1. The van der Waals surface area contributed by atoms with Gasteiger partial charge in [0.25, 0.3) is 0 Å². The highest BCUT2D eigenvalue weighted by Crippen LogP contribution is 2.21. The van der Waals surface area contributed by atoms with Crippen LogP contribution in [0.3, 0.4) is 0 Å². The van der Waals surface area contributed by atoms with Crippen molar-refractivity contribution in [1.82, 2.24) is 0 Å². The first-order valence-corrected chi connectivity index (χ1v) is 5.14. The van der Waals surface area contributed by atoms with Crippen LogP contribution >= 0.6 is 0 Å². The van der Waals surface area contributed by atoms with Gasteiger partial charge in [0.15, 0.2) is 0 Å². The molecule has 0 aromatic rings. The van der Waals surface area contributed by atoms with E-state index in [9.17, 15) is 0 Å². The molecule has 80 valence electrons. The van der Waals surface area contributed by atoms with E-state index in [1.165, 1.54) is 5.57 Å². The first kappa shape index (κ1) is 13.2. The van der Waals surface area contributed by atoms with Crippen LogP contribution in [0.2, 0.25) is 0 Å². The lowest BCUT2D eigenvalue weighted by atomic mass is 9.92. The minimum absolute atomic E-state index is 0.546. The standard InChI is InChI=1S/C13H22O/c1-6-12(8-9-14-5)13(7-2)10-11(3)4/h7,10,12H,2-3,6,8-9H2,1,4-5H3/b13-10+. The maximum Gasteiger partial charge on any atom is 0.0468 e. The zero-order valence-corrected chi connectivity index (χ0v) is 9.68. The summed E-state index contributed by atoms with van der Waals surface area (Å²) in [5.74, 6) is 0.546. The van der Waals surface area contributed by atoms with Crippen molar-refractivity contribution in [2.75, 3.05) is 13.7 Å². The summed E-state index contributed by atoms with van der Waals surface area (Å²) in [6, 6.07) is 0. The first-order valence-electron chi connectivity index (χ1n) is 5.14. The van der Waals surface area contributed by atoms with Crippen molar-refractivity contribution in [3.8, 4) is 0 Å². The van der Waals surface area contributed by atoms with Gasteiger partial charge in [0, 0.05) is 13.7 Å². The van der Waals surface area contributed by atoms with E-state index >= 15 is 0 Å². The Labute approximate surface area is 88.2 Å². The van der Waals surface area contributed by atoms with E-state index in [1.54, 1.807) is 7.11 Å². The molecule has 0 aromatic heterocycles. The molecule has 1 nitrogen and oxygen atoms in total. The quantitative estimate of drug-likeness (QED) is 0.561. The van der Waals surface area contributed by atoms with E-state index in [0.717, 1.165) is 25.0 Å². The van der Waals surface area contributed by atoms with Crippen molar-refractivity contribution < 1.29 is 4.74 Å². The van der Waals surface area contributed by atoms with Crippen LogP contribution in [0.15, 0.2) is 36.5 Å². The van der Waals surface area contributed by atoms with E-state index in [0.29, 0.717) is 5.92 Å². The molecule has 0 aliphatic carbocycles. The third-order valence-corrected chi connectivity index (χ3v) is 2.28. The number of rotatable bonds is 7. The van der Waals surface area contributed by atoms with Gasteiger partial charge in [-0.2, -0.15) is 0 Å².